The number of carboxylic acid groups (broad SMARTS) is 1. The van der Waals surface area contributed by atoms with E-state index in [1.807, 2.05) is 66.5 Å². The lowest BCUT2D eigenvalue weighted by Gasteiger charge is -2.35. The summed E-state index contributed by atoms with van der Waals surface area (Å²) in [6, 6.07) is 12.6. The number of carbonyl (C=O) groups excluding carboxylic acids is 2. The number of benzene rings is 2. The molecule has 3 rings (SSSR count). The molecule has 0 saturated carbocycles. The van der Waals surface area contributed by atoms with E-state index in [9.17, 15) is 19.5 Å². The van der Waals surface area contributed by atoms with Crippen LogP contribution in [0.3, 0.4) is 0 Å². The number of ketones is 1. The molecule has 0 aliphatic carbocycles. The third kappa shape index (κ3) is 7.77. The highest BCUT2D eigenvalue weighted by Gasteiger charge is 2.36. The molecule has 1 heterocycles. The van der Waals surface area contributed by atoms with Gasteiger partial charge in [-0.3, -0.25) is 14.5 Å². The van der Waals surface area contributed by atoms with Gasteiger partial charge in [0.15, 0.2) is 5.78 Å². The van der Waals surface area contributed by atoms with Crippen LogP contribution >= 0.6 is 11.8 Å². The van der Waals surface area contributed by atoms with E-state index in [0.29, 0.717) is 18.7 Å². The average molecular weight is 515 g/mol. The predicted molar refractivity (Wildman–Crippen MR) is 145 cm³/mol. The van der Waals surface area contributed by atoms with Gasteiger partial charge in [-0.2, -0.15) is 11.8 Å². The molecule has 1 aliphatic heterocycles. The standard InChI is InChI=1S/C27H38N4O4S/c1-30(2)17-24(32)26(22-12-7-14-28-22)31(18-25(33)29-23(27(34)35)13-15-36-3)16-20-10-6-9-19-8-4-5-11-21(19)20/h4-6,8-11,22-23,26,28H,7,12-18H2,1-3H3,(H,29,33)(H,34,35)/t22-,23-,26?/m0/s1. The highest BCUT2D eigenvalue weighted by Crippen LogP contribution is 2.23. The first-order valence-corrected chi connectivity index (χ1v) is 13.8. The molecule has 2 aromatic rings. The minimum absolute atomic E-state index is 0.0459. The zero-order chi connectivity index (χ0) is 26.1. The lowest BCUT2D eigenvalue weighted by Crippen LogP contribution is -2.57. The van der Waals surface area contributed by atoms with Gasteiger partial charge in [0.1, 0.15) is 6.04 Å². The van der Waals surface area contributed by atoms with Crippen molar-refractivity contribution in [3.05, 3.63) is 48.0 Å². The Morgan fingerprint density at radius 3 is 2.56 bits per heavy atom. The number of likely N-dealkylation sites (N-methyl/N-ethyl adjacent to an activating group) is 1. The van der Waals surface area contributed by atoms with Crippen LogP contribution < -0.4 is 10.6 Å². The highest BCUT2D eigenvalue weighted by molar-refractivity contribution is 7.98. The van der Waals surface area contributed by atoms with Crippen LogP contribution in [0, 0.1) is 0 Å². The fourth-order valence-electron chi connectivity index (χ4n) is 4.89. The maximum Gasteiger partial charge on any atom is 0.326 e. The molecule has 0 spiro atoms. The number of rotatable bonds is 14. The number of nitrogens with one attached hydrogen (secondary N) is 2. The number of amides is 1. The van der Waals surface area contributed by atoms with Crippen molar-refractivity contribution < 1.29 is 19.5 Å². The number of hydrogen-bond acceptors (Lipinski definition) is 7. The second kappa shape index (κ2) is 13.7. The van der Waals surface area contributed by atoms with Crippen LogP contribution in [-0.2, 0) is 20.9 Å². The molecule has 36 heavy (non-hydrogen) atoms. The maximum absolute atomic E-state index is 13.5. The summed E-state index contributed by atoms with van der Waals surface area (Å²) >= 11 is 1.54. The molecule has 3 N–H and O–H groups in total. The fraction of sp³-hybridized carbons (Fsp3) is 0.519. The first-order valence-electron chi connectivity index (χ1n) is 12.4. The van der Waals surface area contributed by atoms with Crippen molar-refractivity contribution in [2.75, 3.05) is 45.7 Å². The summed E-state index contributed by atoms with van der Waals surface area (Å²) < 4.78 is 0. The van der Waals surface area contributed by atoms with E-state index in [4.69, 9.17) is 0 Å². The maximum atomic E-state index is 13.5. The lowest BCUT2D eigenvalue weighted by molar-refractivity contribution is -0.142. The number of carboxylic acids is 1. The molecule has 8 nitrogen and oxygen atoms in total. The van der Waals surface area contributed by atoms with E-state index in [2.05, 4.69) is 16.7 Å². The van der Waals surface area contributed by atoms with Crippen LogP contribution in [0.2, 0.25) is 0 Å². The molecule has 9 heteroatoms. The van der Waals surface area contributed by atoms with Gasteiger partial charge >= 0.3 is 5.97 Å². The molecular weight excluding hydrogens is 476 g/mol. The Labute approximate surface area is 217 Å². The number of nitrogens with zero attached hydrogens (tertiary/aromatic N) is 2. The quantitative estimate of drug-likeness (QED) is 0.353. The molecule has 0 bridgehead atoms. The van der Waals surface area contributed by atoms with Crippen molar-refractivity contribution in [2.24, 2.45) is 0 Å². The number of hydrogen-bond donors (Lipinski definition) is 3. The summed E-state index contributed by atoms with van der Waals surface area (Å²) in [6.07, 6.45) is 4.07. The zero-order valence-corrected chi connectivity index (χ0v) is 22.2. The third-order valence-corrected chi connectivity index (χ3v) is 7.16. The van der Waals surface area contributed by atoms with Gasteiger partial charge in [0.25, 0.3) is 0 Å². The third-order valence-electron chi connectivity index (χ3n) is 6.52. The SMILES string of the molecule is CSCC[C@H](NC(=O)CN(Cc1cccc2ccccc12)C(C(=O)CN(C)C)[C@@H]1CCCN1)C(=O)O. The number of Topliss-reactive ketones (excluding diaryl/α,β-unsaturated/α-hetero) is 1. The Balaban J connectivity index is 1.93. The number of fused-ring (bicyclic) bond motifs is 1. The summed E-state index contributed by atoms with van der Waals surface area (Å²) in [5.41, 5.74) is 1.03. The van der Waals surface area contributed by atoms with E-state index in [0.717, 1.165) is 35.7 Å². The van der Waals surface area contributed by atoms with Crippen LogP contribution in [0.4, 0.5) is 0 Å². The molecule has 1 unspecified atom stereocenters. The smallest absolute Gasteiger partial charge is 0.326 e. The van der Waals surface area contributed by atoms with Crippen molar-refractivity contribution in [3.63, 3.8) is 0 Å². The minimum Gasteiger partial charge on any atom is -0.480 e. The van der Waals surface area contributed by atoms with E-state index in [1.54, 1.807) is 0 Å². The monoisotopic (exact) mass is 514 g/mol. The normalized spacial score (nSPS) is 17.4. The van der Waals surface area contributed by atoms with E-state index in [1.165, 1.54) is 11.8 Å². The predicted octanol–water partition coefficient (Wildman–Crippen LogP) is 2.22. The topological polar surface area (TPSA) is 102 Å². The highest BCUT2D eigenvalue weighted by atomic mass is 32.2. The van der Waals surface area contributed by atoms with E-state index >= 15 is 0 Å². The Hall–Kier alpha value is -2.46. The number of aliphatic carboxylic acids is 1. The van der Waals surface area contributed by atoms with Crippen molar-refractivity contribution in [1.82, 2.24) is 20.4 Å². The summed E-state index contributed by atoms with van der Waals surface area (Å²) in [5.74, 6) is -0.753. The van der Waals surface area contributed by atoms with Gasteiger partial charge in [0, 0.05) is 12.6 Å². The van der Waals surface area contributed by atoms with Crippen molar-refractivity contribution in [2.45, 2.75) is 43.9 Å². The molecule has 196 valence electrons. The summed E-state index contributed by atoms with van der Waals surface area (Å²) in [4.78, 5) is 42.2. The molecular formula is C27H38N4O4S. The summed E-state index contributed by atoms with van der Waals surface area (Å²) in [5, 5.41) is 17.9. The van der Waals surface area contributed by atoms with Crippen molar-refractivity contribution in [3.8, 4) is 0 Å². The Bertz CT molecular complexity index is 1040. The summed E-state index contributed by atoms with van der Waals surface area (Å²) in [6.45, 7) is 1.44. The minimum atomic E-state index is -1.05. The van der Waals surface area contributed by atoms with Gasteiger partial charge in [0.05, 0.1) is 19.1 Å². The van der Waals surface area contributed by atoms with Crippen LogP contribution in [-0.4, -0.2) is 96.4 Å². The number of thioether (sulfide) groups is 1. The van der Waals surface area contributed by atoms with Crippen LogP contribution in [0.15, 0.2) is 42.5 Å². The van der Waals surface area contributed by atoms with Gasteiger partial charge in [-0.15, -0.1) is 0 Å². The van der Waals surface area contributed by atoms with Crippen molar-refractivity contribution >= 4 is 40.2 Å². The lowest BCUT2D eigenvalue weighted by atomic mass is 9.97. The molecule has 1 amide bonds. The van der Waals surface area contributed by atoms with Gasteiger partial charge < -0.3 is 20.6 Å². The van der Waals surface area contributed by atoms with Gasteiger partial charge in [-0.1, -0.05) is 42.5 Å². The first-order chi connectivity index (χ1) is 17.3. The number of carbonyl (C=O) groups is 3. The first kappa shape index (κ1) is 28.1. The van der Waals surface area contributed by atoms with Crippen molar-refractivity contribution in [1.29, 1.82) is 0 Å². The Morgan fingerprint density at radius 1 is 1.14 bits per heavy atom. The van der Waals surface area contributed by atoms with Gasteiger partial charge in [-0.05, 0) is 68.2 Å². The Kier molecular flexibility index (Phi) is 10.7. The molecule has 3 atom stereocenters. The molecule has 1 aliphatic rings. The van der Waals surface area contributed by atoms with Gasteiger partial charge in [-0.25, -0.2) is 4.79 Å². The molecule has 2 aromatic carbocycles. The Morgan fingerprint density at radius 2 is 1.89 bits per heavy atom. The van der Waals surface area contributed by atoms with Crippen LogP contribution in [0.1, 0.15) is 24.8 Å². The molecule has 1 fully saturated rings. The second-order valence-electron chi connectivity index (χ2n) is 9.63. The van der Waals surface area contributed by atoms with Gasteiger partial charge in [0.2, 0.25) is 5.91 Å². The summed E-state index contributed by atoms with van der Waals surface area (Å²) in [7, 11) is 3.73. The van der Waals surface area contributed by atoms with Crippen LogP contribution in [0.25, 0.3) is 10.8 Å². The van der Waals surface area contributed by atoms with Crippen LogP contribution in [0.5, 0.6) is 0 Å². The van der Waals surface area contributed by atoms with E-state index in [-0.39, 0.29) is 30.8 Å². The molecule has 0 radical (unpaired) electrons. The molecule has 0 aromatic heterocycles. The zero-order valence-electron chi connectivity index (χ0n) is 21.4. The molecule has 1 saturated heterocycles. The second-order valence-corrected chi connectivity index (χ2v) is 10.6. The largest absolute Gasteiger partial charge is 0.480 e. The fourth-order valence-corrected chi connectivity index (χ4v) is 5.36. The van der Waals surface area contributed by atoms with E-state index < -0.39 is 18.1 Å². The average Bonchev–Trinajstić information content (AvgIpc) is 3.35.